The third-order valence-corrected chi connectivity index (χ3v) is 2.79. The number of aryl methyl sites for hydroxylation is 1. The number of rotatable bonds is 7. The Morgan fingerprint density at radius 1 is 1.37 bits per heavy atom. The molecule has 0 heterocycles. The van der Waals surface area contributed by atoms with Crippen LogP contribution in [0, 0.1) is 12.8 Å². The molecule has 1 rings (SSSR count). The van der Waals surface area contributed by atoms with Crippen molar-refractivity contribution in [2.24, 2.45) is 5.92 Å². The molecule has 0 aliphatic rings. The number of ether oxygens (including phenoxy) is 1. The van der Waals surface area contributed by atoms with E-state index in [1.54, 1.807) is 0 Å². The van der Waals surface area contributed by atoms with E-state index in [0.29, 0.717) is 11.7 Å². The van der Waals surface area contributed by atoms with E-state index < -0.39 is 0 Å². The number of amides is 1. The Hall–Kier alpha value is -1.55. The molecule has 19 heavy (non-hydrogen) atoms. The highest BCUT2D eigenvalue weighted by Gasteiger charge is 2.13. The summed E-state index contributed by atoms with van der Waals surface area (Å²) in [5.41, 5.74) is 0.996. The van der Waals surface area contributed by atoms with Gasteiger partial charge in [0, 0.05) is 0 Å². The first-order valence-corrected chi connectivity index (χ1v) is 6.61. The molecule has 0 radical (unpaired) electrons. The predicted octanol–water partition coefficient (Wildman–Crippen LogP) is 1.90. The first-order valence-electron chi connectivity index (χ1n) is 6.61. The molecule has 1 aromatic rings. The second kappa shape index (κ2) is 7.79. The maximum Gasteiger partial charge on any atom is 0.258 e. The van der Waals surface area contributed by atoms with Crippen LogP contribution in [0.1, 0.15) is 25.8 Å². The maximum atomic E-state index is 11.7. The van der Waals surface area contributed by atoms with Crippen LogP contribution in [-0.4, -0.2) is 30.3 Å². The normalized spacial score (nSPS) is 12.3. The minimum atomic E-state index is -0.206. The molecule has 106 valence electrons. The van der Waals surface area contributed by atoms with E-state index in [1.807, 2.05) is 31.2 Å². The number of hydrogen-bond donors (Lipinski definition) is 2. The van der Waals surface area contributed by atoms with Crippen LogP contribution in [0.5, 0.6) is 5.75 Å². The standard InChI is InChI=1S/C15H23NO3/c1-11(2)8-13(9-17)16-15(18)10-19-14-7-5-4-6-12(14)3/h4-7,11,13,17H,8-10H2,1-3H3,(H,16,18)/t13-/m0/s1. The number of hydrogen-bond acceptors (Lipinski definition) is 3. The number of carbonyl (C=O) groups is 1. The largest absolute Gasteiger partial charge is 0.484 e. The third kappa shape index (κ3) is 5.75. The summed E-state index contributed by atoms with van der Waals surface area (Å²) in [6, 6.07) is 7.36. The van der Waals surface area contributed by atoms with Gasteiger partial charge >= 0.3 is 0 Å². The zero-order valence-electron chi connectivity index (χ0n) is 11.8. The van der Waals surface area contributed by atoms with Gasteiger partial charge in [-0.25, -0.2) is 0 Å². The minimum Gasteiger partial charge on any atom is -0.484 e. The van der Waals surface area contributed by atoms with Gasteiger partial charge in [-0.2, -0.15) is 0 Å². The lowest BCUT2D eigenvalue weighted by Crippen LogP contribution is -2.40. The smallest absolute Gasteiger partial charge is 0.258 e. The zero-order chi connectivity index (χ0) is 14.3. The molecule has 0 fully saturated rings. The fourth-order valence-electron chi connectivity index (χ4n) is 1.88. The van der Waals surface area contributed by atoms with Crippen LogP contribution in [0.3, 0.4) is 0 Å². The zero-order valence-corrected chi connectivity index (χ0v) is 11.8. The summed E-state index contributed by atoms with van der Waals surface area (Å²) in [4.78, 5) is 11.7. The molecule has 1 amide bonds. The van der Waals surface area contributed by atoms with Crippen LogP contribution >= 0.6 is 0 Å². The van der Waals surface area contributed by atoms with Gasteiger partial charge in [-0.05, 0) is 30.9 Å². The maximum absolute atomic E-state index is 11.7. The van der Waals surface area contributed by atoms with E-state index >= 15 is 0 Å². The van der Waals surface area contributed by atoms with Gasteiger partial charge in [0.05, 0.1) is 12.6 Å². The average molecular weight is 265 g/mol. The fraction of sp³-hybridized carbons (Fsp3) is 0.533. The molecule has 0 saturated carbocycles. The lowest BCUT2D eigenvalue weighted by Gasteiger charge is -2.18. The molecule has 4 heteroatoms. The van der Waals surface area contributed by atoms with Crippen LogP contribution in [0.25, 0.3) is 0 Å². The van der Waals surface area contributed by atoms with E-state index in [-0.39, 0.29) is 25.2 Å². The number of aliphatic hydroxyl groups is 1. The summed E-state index contributed by atoms with van der Waals surface area (Å²) in [5.74, 6) is 0.930. The van der Waals surface area contributed by atoms with Crippen molar-refractivity contribution in [3.8, 4) is 5.75 Å². The minimum absolute atomic E-state index is 0.0283. The summed E-state index contributed by atoms with van der Waals surface area (Å²) in [7, 11) is 0. The first kappa shape index (κ1) is 15.5. The first-order chi connectivity index (χ1) is 9.02. The molecule has 1 aromatic carbocycles. The highest BCUT2D eigenvalue weighted by Crippen LogP contribution is 2.15. The summed E-state index contributed by atoms with van der Waals surface area (Å²) in [6.07, 6.45) is 0.757. The molecule has 0 aliphatic carbocycles. The Labute approximate surface area is 114 Å². The van der Waals surface area contributed by atoms with Gasteiger partial charge in [0.15, 0.2) is 6.61 Å². The van der Waals surface area contributed by atoms with E-state index in [2.05, 4.69) is 19.2 Å². The molecule has 0 bridgehead atoms. The molecule has 4 nitrogen and oxygen atoms in total. The number of benzene rings is 1. The molecule has 0 unspecified atom stereocenters. The van der Waals surface area contributed by atoms with Crippen LogP contribution in [0.4, 0.5) is 0 Å². The van der Waals surface area contributed by atoms with Gasteiger partial charge in [0.25, 0.3) is 5.91 Å². The molecule has 0 aliphatic heterocycles. The van der Waals surface area contributed by atoms with Gasteiger partial charge in [-0.1, -0.05) is 32.0 Å². The molecule has 0 spiro atoms. The summed E-state index contributed by atoms with van der Waals surface area (Å²) < 4.78 is 5.46. The van der Waals surface area contributed by atoms with Crippen molar-refractivity contribution < 1.29 is 14.6 Å². The SMILES string of the molecule is Cc1ccccc1OCC(=O)N[C@H](CO)CC(C)C. The van der Waals surface area contributed by atoms with Gasteiger partial charge in [0.1, 0.15) is 5.75 Å². The van der Waals surface area contributed by atoms with Crippen molar-refractivity contribution in [2.45, 2.75) is 33.2 Å². The topological polar surface area (TPSA) is 58.6 Å². The van der Waals surface area contributed by atoms with Crippen molar-refractivity contribution in [3.63, 3.8) is 0 Å². The number of carbonyl (C=O) groups excluding carboxylic acids is 1. The van der Waals surface area contributed by atoms with Crippen molar-refractivity contribution in [3.05, 3.63) is 29.8 Å². The average Bonchev–Trinajstić information content (AvgIpc) is 2.36. The van der Waals surface area contributed by atoms with Gasteiger partial charge in [-0.15, -0.1) is 0 Å². The van der Waals surface area contributed by atoms with Crippen LogP contribution < -0.4 is 10.1 Å². The van der Waals surface area contributed by atoms with Gasteiger partial charge in [-0.3, -0.25) is 4.79 Å². The van der Waals surface area contributed by atoms with Crippen LogP contribution in [0.15, 0.2) is 24.3 Å². The highest BCUT2D eigenvalue weighted by molar-refractivity contribution is 5.77. The fourth-order valence-corrected chi connectivity index (χ4v) is 1.88. The number of nitrogens with one attached hydrogen (secondary N) is 1. The quantitative estimate of drug-likeness (QED) is 0.791. The summed E-state index contributed by atoms with van der Waals surface area (Å²) in [5, 5.41) is 12.0. The molecule has 1 atom stereocenters. The third-order valence-electron chi connectivity index (χ3n) is 2.79. The van der Waals surface area contributed by atoms with Gasteiger partial charge in [0.2, 0.25) is 0 Å². The van der Waals surface area contributed by atoms with E-state index in [9.17, 15) is 9.90 Å². The number of aliphatic hydroxyl groups excluding tert-OH is 1. The van der Waals surface area contributed by atoms with Crippen molar-refractivity contribution in [1.29, 1.82) is 0 Å². The molecule has 0 saturated heterocycles. The second-order valence-electron chi connectivity index (χ2n) is 5.13. The van der Waals surface area contributed by atoms with Crippen molar-refractivity contribution in [1.82, 2.24) is 5.32 Å². The van der Waals surface area contributed by atoms with E-state index in [0.717, 1.165) is 12.0 Å². The van der Waals surface area contributed by atoms with Crippen LogP contribution in [0.2, 0.25) is 0 Å². The molecule has 0 aromatic heterocycles. The number of para-hydroxylation sites is 1. The van der Waals surface area contributed by atoms with E-state index in [1.165, 1.54) is 0 Å². The monoisotopic (exact) mass is 265 g/mol. The highest BCUT2D eigenvalue weighted by atomic mass is 16.5. The Bertz CT molecular complexity index is 404. The second-order valence-corrected chi connectivity index (χ2v) is 5.13. The predicted molar refractivity (Wildman–Crippen MR) is 75.1 cm³/mol. The van der Waals surface area contributed by atoms with E-state index in [4.69, 9.17) is 4.74 Å². The summed E-state index contributed by atoms with van der Waals surface area (Å²) >= 11 is 0. The summed E-state index contributed by atoms with van der Waals surface area (Å²) in [6.45, 7) is 5.97. The Morgan fingerprint density at radius 2 is 2.05 bits per heavy atom. The Morgan fingerprint density at radius 3 is 2.63 bits per heavy atom. The van der Waals surface area contributed by atoms with Crippen LogP contribution in [-0.2, 0) is 4.79 Å². The molecular formula is C15H23NO3. The Kier molecular flexibility index (Phi) is 6.36. The lowest BCUT2D eigenvalue weighted by molar-refractivity contribution is -0.124. The lowest BCUT2D eigenvalue weighted by atomic mass is 10.0. The molecule has 2 N–H and O–H groups in total. The Balaban J connectivity index is 2.41. The van der Waals surface area contributed by atoms with Crippen molar-refractivity contribution >= 4 is 5.91 Å². The molecular weight excluding hydrogens is 242 g/mol. The van der Waals surface area contributed by atoms with Crippen molar-refractivity contribution in [2.75, 3.05) is 13.2 Å². The van der Waals surface area contributed by atoms with Gasteiger partial charge < -0.3 is 15.2 Å².